The Bertz CT molecular complexity index is 911. The van der Waals surface area contributed by atoms with Crippen molar-refractivity contribution in [3.63, 3.8) is 0 Å². The van der Waals surface area contributed by atoms with Crippen molar-refractivity contribution >= 4 is 23.7 Å². The lowest BCUT2D eigenvalue weighted by atomic mass is 9.79. The topological polar surface area (TPSA) is 85.3 Å². The monoisotopic (exact) mass is 396 g/mol. The fraction of sp³-hybridized carbons (Fsp3) is 0.409. The summed E-state index contributed by atoms with van der Waals surface area (Å²) >= 11 is 0. The minimum Gasteiger partial charge on any atom is -0.467 e. The highest BCUT2D eigenvalue weighted by Gasteiger charge is 2.45. The van der Waals surface area contributed by atoms with Crippen LogP contribution in [0.2, 0.25) is 0 Å². The number of carbonyl (C=O) groups is 2. The molecule has 2 aliphatic rings. The van der Waals surface area contributed by atoms with E-state index in [-0.39, 0.29) is 30.4 Å². The molecule has 1 saturated carbocycles. The van der Waals surface area contributed by atoms with Gasteiger partial charge in [0.1, 0.15) is 17.6 Å². The van der Waals surface area contributed by atoms with E-state index in [2.05, 4.69) is 5.10 Å². The van der Waals surface area contributed by atoms with Gasteiger partial charge in [-0.3, -0.25) is 9.59 Å². The molecule has 2 atom stereocenters. The first kappa shape index (κ1) is 19.2. The number of hydrogen-bond acceptors (Lipinski definition) is 6. The third-order valence-corrected chi connectivity index (χ3v) is 5.26. The molecule has 4 rings (SSSR count). The molecule has 3 heterocycles. The van der Waals surface area contributed by atoms with Gasteiger partial charge in [-0.05, 0) is 61.6 Å². The van der Waals surface area contributed by atoms with Crippen LogP contribution in [0.1, 0.15) is 56.6 Å². The number of hydrogen-bond donors (Lipinski definition) is 0. The third-order valence-electron chi connectivity index (χ3n) is 5.26. The number of rotatable bonds is 6. The highest BCUT2D eigenvalue weighted by atomic mass is 16.5. The highest BCUT2D eigenvalue weighted by molar-refractivity contribution is 6.08. The molecule has 1 amide bonds. The van der Waals surface area contributed by atoms with Crippen LogP contribution in [-0.4, -0.2) is 29.2 Å². The molecule has 1 aliphatic heterocycles. The Kier molecular flexibility index (Phi) is 5.64. The Morgan fingerprint density at radius 3 is 2.83 bits per heavy atom. The number of allylic oxidation sites excluding steroid dienone is 1. The summed E-state index contributed by atoms with van der Waals surface area (Å²) in [5, 5.41) is 6.10. The van der Waals surface area contributed by atoms with E-state index in [1.807, 2.05) is 31.2 Å². The molecule has 0 spiro atoms. The smallest absolute Gasteiger partial charge is 0.306 e. The quantitative estimate of drug-likeness (QED) is 0.678. The fourth-order valence-corrected chi connectivity index (χ4v) is 3.97. The van der Waals surface area contributed by atoms with E-state index in [1.54, 1.807) is 18.6 Å². The second-order valence-corrected chi connectivity index (χ2v) is 7.28. The third kappa shape index (κ3) is 4.04. The second-order valence-electron chi connectivity index (χ2n) is 7.28. The molecule has 7 heteroatoms. The van der Waals surface area contributed by atoms with Gasteiger partial charge in [0.2, 0.25) is 0 Å². The van der Waals surface area contributed by atoms with Crippen LogP contribution in [0.4, 0.5) is 0 Å². The maximum absolute atomic E-state index is 12.9. The Labute approximate surface area is 169 Å². The zero-order valence-corrected chi connectivity index (χ0v) is 16.4. The predicted molar refractivity (Wildman–Crippen MR) is 106 cm³/mol. The molecular weight excluding hydrogens is 372 g/mol. The summed E-state index contributed by atoms with van der Waals surface area (Å²) in [5.41, 5.74) is 1.94. The van der Waals surface area contributed by atoms with Gasteiger partial charge in [-0.1, -0.05) is 6.92 Å². The molecule has 1 aliphatic carbocycles. The van der Waals surface area contributed by atoms with Crippen molar-refractivity contribution in [3.05, 3.63) is 53.9 Å². The first-order valence-corrected chi connectivity index (χ1v) is 10.0. The van der Waals surface area contributed by atoms with Crippen LogP contribution in [0.3, 0.4) is 0 Å². The minimum atomic E-state index is -0.377. The first-order valence-electron chi connectivity index (χ1n) is 10.0. The van der Waals surface area contributed by atoms with Crippen LogP contribution in [0.5, 0.6) is 0 Å². The number of hydrazone groups is 1. The van der Waals surface area contributed by atoms with Crippen LogP contribution in [0.15, 0.2) is 56.3 Å². The molecule has 1 fully saturated rings. The van der Waals surface area contributed by atoms with Gasteiger partial charge >= 0.3 is 5.97 Å². The number of esters is 1. The predicted octanol–water partition coefficient (Wildman–Crippen LogP) is 4.34. The summed E-state index contributed by atoms with van der Waals surface area (Å²) < 4.78 is 16.2. The molecule has 0 radical (unpaired) electrons. The molecule has 0 N–H and O–H groups in total. The van der Waals surface area contributed by atoms with Crippen LogP contribution in [0, 0.1) is 5.92 Å². The van der Waals surface area contributed by atoms with E-state index >= 15 is 0 Å². The molecule has 7 nitrogen and oxygen atoms in total. The first-order chi connectivity index (χ1) is 14.2. The lowest BCUT2D eigenvalue weighted by Crippen LogP contribution is -2.34. The van der Waals surface area contributed by atoms with E-state index in [0.717, 1.165) is 36.3 Å². The van der Waals surface area contributed by atoms with Crippen LogP contribution in [0.25, 0.3) is 6.08 Å². The van der Waals surface area contributed by atoms with Gasteiger partial charge in [-0.15, -0.1) is 0 Å². The molecule has 0 bridgehead atoms. The van der Waals surface area contributed by atoms with Crippen molar-refractivity contribution in [2.75, 3.05) is 6.61 Å². The van der Waals surface area contributed by atoms with E-state index in [9.17, 15) is 9.59 Å². The standard InChI is InChI=1S/C22H24N2O5/c1-2-6-20(26)29-14-19(25)24-22(18-10-5-12-28-18)17-9-3-7-15(21(17)23-24)13-16-8-4-11-27-16/h4-5,8,10-13,17,22H,2-3,6-7,9,14H2,1H3/b15-13+. The molecule has 0 saturated heterocycles. The van der Waals surface area contributed by atoms with Crippen molar-refractivity contribution < 1.29 is 23.2 Å². The number of furan rings is 2. The largest absolute Gasteiger partial charge is 0.467 e. The maximum atomic E-state index is 12.9. The SMILES string of the molecule is CCCC(=O)OCC(=O)N1N=C2/C(=C/c3ccco3)CCCC2C1c1ccco1. The summed E-state index contributed by atoms with van der Waals surface area (Å²) in [6.07, 6.45) is 8.95. The van der Waals surface area contributed by atoms with Crippen molar-refractivity contribution in [1.82, 2.24) is 5.01 Å². The lowest BCUT2D eigenvalue weighted by Gasteiger charge is -2.27. The van der Waals surface area contributed by atoms with Crippen molar-refractivity contribution in [2.45, 2.75) is 45.1 Å². The minimum absolute atomic E-state index is 0.0337. The maximum Gasteiger partial charge on any atom is 0.306 e. The van der Waals surface area contributed by atoms with Gasteiger partial charge in [0.25, 0.3) is 5.91 Å². The fourth-order valence-electron chi connectivity index (χ4n) is 3.97. The van der Waals surface area contributed by atoms with E-state index < -0.39 is 0 Å². The molecule has 29 heavy (non-hydrogen) atoms. The summed E-state index contributed by atoms with van der Waals surface area (Å²) in [7, 11) is 0. The Morgan fingerprint density at radius 1 is 1.28 bits per heavy atom. The zero-order chi connectivity index (χ0) is 20.2. The van der Waals surface area contributed by atoms with E-state index in [0.29, 0.717) is 18.6 Å². The zero-order valence-electron chi connectivity index (χ0n) is 16.4. The van der Waals surface area contributed by atoms with Gasteiger partial charge in [-0.25, -0.2) is 5.01 Å². The average molecular weight is 396 g/mol. The van der Waals surface area contributed by atoms with Gasteiger partial charge < -0.3 is 13.6 Å². The van der Waals surface area contributed by atoms with Gasteiger partial charge in [0.15, 0.2) is 6.61 Å². The highest BCUT2D eigenvalue weighted by Crippen LogP contribution is 2.44. The summed E-state index contributed by atoms with van der Waals surface area (Å²) in [6.45, 7) is 1.57. The number of amides is 1. The molecule has 2 unspecified atom stereocenters. The molecule has 0 aromatic carbocycles. The van der Waals surface area contributed by atoms with Crippen molar-refractivity contribution in [3.8, 4) is 0 Å². The van der Waals surface area contributed by atoms with Crippen LogP contribution >= 0.6 is 0 Å². The number of nitrogens with zero attached hydrogens (tertiary/aromatic N) is 2. The van der Waals surface area contributed by atoms with Crippen molar-refractivity contribution in [2.24, 2.45) is 11.0 Å². The van der Waals surface area contributed by atoms with Gasteiger partial charge in [0.05, 0.1) is 18.2 Å². The Morgan fingerprint density at radius 2 is 2.10 bits per heavy atom. The molecule has 2 aromatic rings. The van der Waals surface area contributed by atoms with E-state index in [4.69, 9.17) is 13.6 Å². The number of fused-ring (bicyclic) bond motifs is 1. The molecule has 152 valence electrons. The number of ether oxygens (including phenoxy) is 1. The van der Waals surface area contributed by atoms with Crippen molar-refractivity contribution in [1.29, 1.82) is 0 Å². The number of carbonyl (C=O) groups excluding carboxylic acids is 2. The molecule has 2 aromatic heterocycles. The average Bonchev–Trinajstić information content (AvgIpc) is 3.46. The summed E-state index contributed by atoms with van der Waals surface area (Å²) in [4.78, 5) is 24.6. The summed E-state index contributed by atoms with van der Waals surface area (Å²) in [6, 6.07) is 7.07. The van der Waals surface area contributed by atoms with Crippen LogP contribution in [-0.2, 0) is 14.3 Å². The lowest BCUT2D eigenvalue weighted by molar-refractivity contribution is -0.153. The van der Waals surface area contributed by atoms with Crippen LogP contribution < -0.4 is 0 Å². The Balaban J connectivity index is 1.61. The second kappa shape index (κ2) is 8.51. The van der Waals surface area contributed by atoms with E-state index in [1.165, 1.54) is 5.01 Å². The summed E-state index contributed by atoms with van der Waals surface area (Å²) in [5.74, 6) is 0.747. The Hall–Kier alpha value is -3.09. The van der Waals surface area contributed by atoms with Gasteiger partial charge in [0, 0.05) is 12.3 Å². The molecular formula is C22H24N2O5. The van der Waals surface area contributed by atoms with Gasteiger partial charge in [-0.2, -0.15) is 5.10 Å². The normalized spacial score (nSPS) is 22.4.